The first-order valence-corrected chi connectivity index (χ1v) is 9.70. The van der Waals surface area contributed by atoms with Crippen LogP contribution in [0, 0.1) is 32.1 Å². The van der Waals surface area contributed by atoms with E-state index in [-0.39, 0.29) is 5.57 Å². The van der Waals surface area contributed by atoms with Gasteiger partial charge in [0, 0.05) is 22.8 Å². The summed E-state index contributed by atoms with van der Waals surface area (Å²) in [5.41, 5.74) is 5.18. The molecular formula is C23H19Cl2N3O. The molecule has 0 spiro atoms. The first kappa shape index (κ1) is 20.7. The molecule has 0 saturated heterocycles. The van der Waals surface area contributed by atoms with E-state index < -0.39 is 5.91 Å². The molecule has 1 N–H and O–H groups in total. The van der Waals surface area contributed by atoms with Crippen molar-refractivity contribution in [1.82, 2.24) is 4.57 Å². The lowest BCUT2D eigenvalue weighted by Crippen LogP contribution is -2.13. The molecule has 0 radical (unpaired) electrons. The van der Waals surface area contributed by atoms with Crippen LogP contribution in [0.5, 0.6) is 0 Å². The summed E-state index contributed by atoms with van der Waals surface area (Å²) in [5, 5.41) is 13.2. The van der Waals surface area contributed by atoms with Crippen LogP contribution < -0.4 is 5.32 Å². The normalized spacial score (nSPS) is 11.2. The zero-order chi connectivity index (χ0) is 21.1. The van der Waals surface area contributed by atoms with Crippen LogP contribution in [0.25, 0.3) is 11.8 Å². The molecule has 1 aromatic heterocycles. The number of nitrogens with zero attached hydrogens (tertiary/aromatic N) is 2. The van der Waals surface area contributed by atoms with E-state index in [9.17, 15) is 10.1 Å². The lowest BCUT2D eigenvalue weighted by atomic mass is 10.1. The molecule has 0 atom stereocenters. The predicted octanol–water partition coefficient (Wildman–Crippen LogP) is 6.26. The van der Waals surface area contributed by atoms with E-state index in [1.165, 1.54) is 0 Å². The molecule has 1 heterocycles. The minimum atomic E-state index is -0.447. The molecule has 0 unspecified atom stereocenters. The van der Waals surface area contributed by atoms with Crippen molar-refractivity contribution in [2.45, 2.75) is 20.8 Å². The van der Waals surface area contributed by atoms with E-state index in [1.807, 2.05) is 61.7 Å². The van der Waals surface area contributed by atoms with Gasteiger partial charge in [-0.3, -0.25) is 4.79 Å². The van der Waals surface area contributed by atoms with Gasteiger partial charge in [-0.05, 0) is 74.4 Å². The minimum Gasteiger partial charge on any atom is -0.321 e. The molecule has 0 aliphatic carbocycles. The smallest absolute Gasteiger partial charge is 0.266 e. The molecule has 0 aliphatic heterocycles. The van der Waals surface area contributed by atoms with Crippen LogP contribution in [0.2, 0.25) is 10.0 Å². The Morgan fingerprint density at radius 2 is 1.83 bits per heavy atom. The molecule has 0 saturated carbocycles. The number of hydrogen-bond donors (Lipinski definition) is 1. The van der Waals surface area contributed by atoms with Crippen molar-refractivity contribution in [3.05, 3.63) is 86.7 Å². The Labute approximate surface area is 180 Å². The van der Waals surface area contributed by atoms with Crippen molar-refractivity contribution in [2.24, 2.45) is 0 Å². The zero-order valence-corrected chi connectivity index (χ0v) is 17.8. The molecule has 0 fully saturated rings. The van der Waals surface area contributed by atoms with Gasteiger partial charge >= 0.3 is 0 Å². The highest BCUT2D eigenvalue weighted by Crippen LogP contribution is 2.28. The predicted molar refractivity (Wildman–Crippen MR) is 119 cm³/mol. The van der Waals surface area contributed by atoms with Crippen molar-refractivity contribution in [2.75, 3.05) is 5.32 Å². The highest BCUT2D eigenvalue weighted by atomic mass is 35.5. The van der Waals surface area contributed by atoms with Crippen molar-refractivity contribution in [3.63, 3.8) is 0 Å². The molecule has 4 nitrogen and oxygen atoms in total. The lowest BCUT2D eigenvalue weighted by Gasteiger charge is -2.10. The summed E-state index contributed by atoms with van der Waals surface area (Å²) in [7, 11) is 0. The third-order valence-corrected chi connectivity index (χ3v) is 5.31. The monoisotopic (exact) mass is 423 g/mol. The number of carbonyl (C=O) groups excluding carboxylic acids is 1. The van der Waals surface area contributed by atoms with Crippen LogP contribution in [-0.2, 0) is 4.79 Å². The quantitative estimate of drug-likeness (QED) is 0.397. The van der Waals surface area contributed by atoms with Crippen LogP contribution >= 0.6 is 23.2 Å². The SMILES string of the molecule is Cc1cccc(NC(=O)C(C#N)=Cc2cc(C)n(-c3ccc(Cl)c(Cl)c3)c2C)c1. The fraction of sp³-hybridized carbons (Fsp3) is 0.130. The lowest BCUT2D eigenvalue weighted by molar-refractivity contribution is -0.112. The number of amides is 1. The second kappa shape index (κ2) is 8.57. The second-order valence-corrected chi connectivity index (χ2v) is 7.57. The van der Waals surface area contributed by atoms with Crippen LogP contribution in [0.4, 0.5) is 5.69 Å². The van der Waals surface area contributed by atoms with Gasteiger partial charge in [0.15, 0.2) is 0 Å². The van der Waals surface area contributed by atoms with E-state index in [4.69, 9.17) is 23.2 Å². The van der Waals surface area contributed by atoms with E-state index in [2.05, 4.69) is 5.32 Å². The number of aromatic nitrogens is 1. The van der Waals surface area contributed by atoms with Crippen LogP contribution in [0.3, 0.4) is 0 Å². The second-order valence-electron chi connectivity index (χ2n) is 6.75. The van der Waals surface area contributed by atoms with Crippen molar-refractivity contribution < 1.29 is 4.79 Å². The summed E-state index contributed by atoms with van der Waals surface area (Å²) in [6, 6.07) is 16.8. The van der Waals surface area contributed by atoms with Crippen molar-refractivity contribution >= 4 is 40.9 Å². The van der Waals surface area contributed by atoms with Gasteiger partial charge in [0.05, 0.1) is 10.0 Å². The summed E-state index contributed by atoms with van der Waals surface area (Å²) >= 11 is 12.2. The van der Waals surface area contributed by atoms with Crippen molar-refractivity contribution in [3.8, 4) is 11.8 Å². The number of hydrogen-bond acceptors (Lipinski definition) is 2. The van der Waals surface area contributed by atoms with E-state index in [0.29, 0.717) is 15.7 Å². The summed E-state index contributed by atoms with van der Waals surface area (Å²) in [4.78, 5) is 12.6. The first-order chi connectivity index (χ1) is 13.8. The number of rotatable bonds is 4. The molecule has 6 heteroatoms. The molecule has 0 bridgehead atoms. The van der Waals surface area contributed by atoms with Crippen LogP contribution in [-0.4, -0.2) is 10.5 Å². The minimum absolute atomic E-state index is 0.0286. The molecule has 1 amide bonds. The number of aryl methyl sites for hydroxylation is 2. The fourth-order valence-electron chi connectivity index (χ4n) is 3.18. The topological polar surface area (TPSA) is 57.8 Å². The Bertz CT molecular complexity index is 1170. The largest absolute Gasteiger partial charge is 0.321 e. The molecule has 29 heavy (non-hydrogen) atoms. The summed E-state index contributed by atoms with van der Waals surface area (Å²) in [5.74, 6) is -0.447. The summed E-state index contributed by atoms with van der Waals surface area (Å²) in [6.45, 7) is 5.81. The Kier molecular flexibility index (Phi) is 6.12. The third kappa shape index (κ3) is 4.54. The van der Waals surface area contributed by atoms with E-state index in [1.54, 1.807) is 24.3 Å². The van der Waals surface area contributed by atoms with Crippen LogP contribution in [0.1, 0.15) is 22.5 Å². The Hall–Kier alpha value is -3.00. The maximum Gasteiger partial charge on any atom is 0.266 e. The molecular weight excluding hydrogens is 405 g/mol. The van der Waals surface area contributed by atoms with E-state index >= 15 is 0 Å². The fourth-order valence-corrected chi connectivity index (χ4v) is 3.47. The Balaban J connectivity index is 1.95. The van der Waals surface area contributed by atoms with E-state index in [0.717, 1.165) is 28.2 Å². The Morgan fingerprint density at radius 3 is 2.48 bits per heavy atom. The van der Waals surface area contributed by atoms with Gasteiger partial charge < -0.3 is 9.88 Å². The van der Waals surface area contributed by atoms with Gasteiger partial charge in [-0.1, -0.05) is 35.3 Å². The molecule has 3 rings (SSSR count). The van der Waals surface area contributed by atoms with Crippen molar-refractivity contribution in [1.29, 1.82) is 5.26 Å². The van der Waals surface area contributed by atoms with Gasteiger partial charge in [-0.2, -0.15) is 5.26 Å². The average Bonchev–Trinajstić information content (AvgIpc) is 2.95. The Morgan fingerprint density at radius 1 is 1.07 bits per heavy atom. The number of anilines is 1. The van der Waals surface area contributed by atoms with Gasteiger partial charge in [0.25, 0.3) is 5.91 Å². The maximum absolute atomic E-state index is 12.6. The summed E-state index contributed by atoms with van der Waals surface area (Å²) in [6.07, 6.45) is 1.60. The molecule has 2 aromatic carbocycles. The molecule has 3 aromatic rings. The number of carbonyl (C=O) groups is 1. The average molecular weight is 424 g/mol. The highest BCUT2D eigenvalue weighted by molar-refractivity contribution is 6.42. The van der Waals surface area contributed by atoms with Gasteiger partial charge in [0.2, 0.25) is 0 Å². The highest BCUT2D eigenvalue weighted by Gasteiger charge is 2.14. The number of halogens is 2. The number of nitrogens with one attached hydrogen (secondary N) is 1. The standard InChI is InChI=1S/C23H19Cl2N3O/c1-14-5-4-6-19(9-14)27-23(29)18(13-26)11-17-10-15(2)28(16(17)3)20-7-8-21(24)22(25)12-20/h4-12H,1-3H3,(H,27,29). The van der Waals surface area contributed by atoms with Crippen LogP contribution in [0.15, 0.2) is 54.1 Å². The third-order valence-electron chi connectivity index (χ3n) is 4.57. The molecule has 146 valence electrons. The number of benzene rings is 2. The number of nitriles is 1. The van der Waals surface area contributed by atoms with Gasteiger partial charge in [-0.25, -0.2) is 0 Å². The summed E-state index contributed by atoms with van der Waals surface area (Å²) < 4.78 is 2.00. The molecule has 0 aliphatic rings. The van der Waals surface area contributed by atoms with Gasteiger partial charge in [0.1, 0.15) is 11.6 Å². The maximum atomic E-state index is 12.6. The van der Waals surface area contributed by atoms with Gasteiger partial charge in [-0.15, -0.1) is 0 Å². The zero-order valence-electron chi connectivity index (χ0n) is 16.3. The first-order valence-electron chi connectivity index (χ1n) is 8.94.